The SMILES string of the molecule is CCCCC[C@H](O)C=C[C@H]1CCC(=O)[C@@H]1CCCCCCC(=O)N(C)CCc1ccc(OC)c(OC)c1. The number of ether oxygens (including phenoxy) is 2. The molecule has 6 heteroatoms. The summed E-state index contributed by atoms with van der Waals surface area (Å²) in [5.74, 6) is 2.33. The third-order valence-electron chi connectivity index (χ3n) is 7.60. The van der Waals surface area contributed by atoms with Crippen molar-refractivity contribution in [1.29, 1.82) is 0 Å². The minimum absolute atomic E-state index is 0.100. The van der Waals surface area contributed by atoms with Crippen LogP contribution in [0.2, 0.25) is 0 Å². The van der Waals surface area contributed by atoms with Crippen molar-refractivity contribution in [2.24, 2.45) is 11.8 Å². The highest BCUT2D eigenvalue weighted by Crippen LogP contribution is 2.34. The van der Waals surface area contributed by atoms with Crippen LogP contribution >= 0.6 is 0 Å². The number of unbranched alkanes of at least 4 members (excludes halogenated alkanes) is 5. The minimum Gasteiger partial charge on any atom is -0.493 e. The second-order valence-electron chi connectivity index (χ2n) is 10.4. The molecule has 0 heterocycles. The Morgan fingerprint density at radius 3 is 2.59 bits per heavy atom. The van der Waals surface area contributed by atoms with Gasteiger partial charge in [0.15, 0.2) is 11.5 Å². The van der Waals surface area contributed by atoms with Crippen LogP contribution in [0.25, 0.3) is 0 Å². The summed E-state index contributed by atoms with van der Waals surface area (Å²) in [5, 5.41) is 10.2. The summed E-state index contributed by atoms with van der Waals surface area (Å²) in [7, 11) is 5.11. The molecule has 1 amide bonds. The van der Waals surface area contributed by atoms with Crippen molar-refractivity contribution >= 4 is 11.7 Å². The number of methoxy groups -OCH3 is 2. The smallest absolute Gasteiger partial charge is 0.222 e. The third kappa shape index (κ3) is 10.9. The number of benzene rings is 1. The summed E-state index contributed by atoms with van der Waals surface area (Å²) in [5.41, 5.74) is 1.11. The van der Waals surface area contributed by atoms with Crippen molar-refractivity contribution in [2.45, 2.75) is 96.5 Å². The molecule has 0 unspecified atom stereocenters. The zero-order valence-corrected chi connectivity index (χ0v) is 23.5. The van der Waals surface area contributed by atoms with Crippen LogP contribution in [0.5, 0.6) is 11.5 Å². The van der Waals surface area contributed by atoms with Crippen molar-refractivity contribution in [1.82, 2.24) is 4.90 Å². The number of aliphatic hydroxyl groups excluding tert-OH is 1. The Morgan fingerprint density at radius 1 is 1.11 bits per heavy atom. The lowest BCUT2D eigenvalue weighted by atomic mass is 9.89. The van der Waals surface area contributed by atoms with E-state index in [4.69, 9.17) is 9.47 Å². The highest BCUT2D eigenvalue weighted by atomic mass is 16.5. The molecule has 0 bridgehead atoms. The van der Waals surface area contributed by atoms with Crippen LogP contribution in [-0.2, 0) is 16.0 Å². The van der Waals surface area contributed by atoms with E-state index in [0.29, 0.717) is 36.7 Å². The van der Waals surface area contributed by atoms with Gasteiger partial charge in [-0.25, -0.2) is 0 Å². The summed E-state index contributed by atoms with van der Waals surface area (Å²) in [6.45, 7) is 2.83. The fraction of sp³-hybridized carbons (Fsp3) is 0.677. The van der Waals surface area contributed by atoms with Crippen LogP contribution in [0.1, 0.15) is 89.5 Å². The van der Waals surface area contributed by atoms with Gasteiger partial charge in [0.25, 0.3) is 0 Å². The highest BCUT2D eigenvalue weighted by Gasteiger charge is 2.32. The Kier molecular flexibility index (Phi) is 14.4. The Bertz CT molecular complexity index is 852. The number of carbonyl (C=O) groups excluding carboxylic acids is 2. The lowest BCUT2D eigenvalue weighted by molar-refractivity contribution is -0.130. The molecule has 6 nitrogen and oxygen atoms in total. The van der Waals surface area contributed by atoms with Crippen LogP contribution < -0.4 is 9.47 Å². The van der Waals surface area contributed by atoms with Gasteiger partial charge in [0.1, 0.15) is 5.78 Å². The molecule has 0 saturated heterocycles. The van der Waals surface area contributed by atoms with E-state index < -0.39 is 6.10 Å². The second-order valence-corrected chi connectivity index (χ2v) is 10.4. The number of allylic oxidation sites excluding steroid dienone is 1. The zero-order valence-electron chi connectivity index (χ0n) is 23.5. The standard InChI is InChI=1S/C31H49NO5/c1-5-6-9-12-26(33)18-16-25-17-19-28(34)27(25)13-10-7-8-11-14-31(35)32(2)22-21-24-15-20-29(36-3)30(23-24)37-4/h15-16,18,20,23,25-27,33H,5-14,17,19,21-22H2,1-4H3/t25-,26-,27+/m0/s1. The normalized spacial score (nSPS) is 18.4. The summed E-state index contributed by atoms with van der Waals surface area (Å²) in [6.07, 6.45) is 15.5. The number of Topliss-reactive ketones (excluding diaryl/α,β-unsaturated/α-hetero) is 1. The van der Waals surface area contributed by atoms with Crippen molar-refractivity contribution in [3.05, 3.63) is 35.9 Å². The summed E-state index contributed by atoms with van der Waals surface area (Å²) in [4.78, 5) is 26.7. The maximum atomic E-state index is 12.5. The minimum atomic E-state index is -0.391. The monoisotopic (exact) mass is 515 g/mol. The molecule has 0 radical (unpaired) electrons. The van der Waals surface area contributed by atoms with E-state index in [-0.39, 0.29) is 17.7 Å². The van der Waals surface area contributed by atoms with Crippen molar-refractivity contribution in [3.63, 3.8) is 0 Å². The maximum Gasteiger partial charge on any atom is 0.222 e. The number of nitrogens with zero attached hydrogens (tertiary/aromatic N) is 1. The molecule has 1 saturated carbocycles. The number of ketones is 1. The van der Waals surface area contributed by atoms with E-state index in [9.17, 15) is 14.7 Å². The first-order valence-electron chi connectivity index (χ1n) is 14.2. The predicted molar refractivity (Wildman–Crippen MR) is 149 cm³/mol. The molecule has 1 N–H and O–H groups in total. The molecule has 37 heavy (non-hydrogen) atoms. The van der Waals surface area contributed by atoms with Crippen LogP contribution in [-0.4, -0.2) is 55.6 Å². The van der Waals surface area contributed by atoms with E-state index in [1.54, 1.807) is 14.2 Å². The topological polar surface area (TPSA) is 76.1 Å². The Balaban J connectivity index is 1.63. The first-order valence-corrected chi connectivity index (χ1v) is 14.2. The number of carbonyl (C=O) groups is 2. The van der Waals surface area contributed by atoms with Gasteiger partial charge in [-0.15, -0.1) is 0 Å². The van der Waals surface area contributed by atoms with Crippen LogP contribution in [0.3, 0.4) is 0 Å². The van der Waals surface area contributed by atoms with Gasteiger partial charge < -0.3 is 19.5 Å². The molecule has 1 aromatic carbocycles. The van der Waals surface area contributed by atoms with Crippen LogP contribution in [0, 0.1) is 11.8 Å². The number of aliphatic hydroxyl groups is 1. The van der Waals surface area contributed by atoms with Gasteiger partial charge in [0, 0.05) is 32.4 Å². The molecule has 2 rings (SSSR count). The van der Waals surface area contributed by atoms with E-state index in [1.807, 2.05) is 36.2 Å². The lowest BCUT2D eigenvalue weighted by Gasteiger charge is -2.18. The third-order valence-corrected chi connectivity index (χ3v) is 7.60. The van der Waals surface area contributed by atoms with Crippen molar-refractivity contribution in [3.8, 4) is 11.5 Å². The fourth-order valence-electron chi connectivity index (χ4n) is 5.15. The maximum absolute atomic E-state index is 12.5. The Hall–Kier alpha value is -2.34. The number of amides is 1. The average molecular weight is 516 g/mol. The molecule has 0 spiro atoms. The largest absolute Gasteiger partial charge is 0.493 e. The van der Waals surface area contributed by atoms with E-state index in [2.05, 4.69) is 13.0 Å². The zero-order chi connectivity index (χ0) is 27.0. The van der Waals surface area contributed by atoms with Crippen molar-refractivity contribution in [2.75, 3.05) is 27.8 Å². The number of rotatable bonds is 18. The second kappa shape index (κ2) is 17.2. The first kappa shape index (κ1) is 30.9. The quantitative estimate of drug-likeness (QED) is 0.188. The van der Waals surface area contributed by atoms with Gasteiger partial charge in [-0.2, -0.15) is 0 Å². The molecular formula is C31H49NO5. The molecule has 3 atom stereocenters. The van der Waals surface area contributed by atoms with E-state index in [1.165, 1.54) is 0 Å². The molecule has 1 fully saturated rings. The molecule has 1 aliphatic carbocycles. The predicted octanol–water partition coefficient (Wildman–Crippen LogP) is 6.14. The fourth-order valence-corrected chi connectivity index (χ4v) is 5.15. The van der Waals surface area contributed by atoms with Crippen LogP contribution in [0.15, 0.2) is 30.4 Å². The van der Waals surface area contributed by atoms with Gasteiger partial charge in [0.05, 0.1) is 20.3 Å². The summed E-state index contributed by atoms with van der Waals surface area (Å²) in [6, 6.07) is 5.86. The van der Waals surface area contributed by atoms with Gasteiger partial charge in [-0.1, -0.05) is 63.7 Å². The first-order chi connectivity index (χ1) is 17.9. The van der Waals surface area contributed by atoms with Crippen LogP contribution in [0.4, 0.5) is 0 Å². The molecule has 0 aromatic heterocycles. The van der Waals surface area contributed by atoms with E-state index in [0.717, 1.165) is 76.2 Å². The molecule has 1 aromatic rings. The lowest BCUT2D eigenvalue weighted by Crippen LogP contribution is -2.28. The number of likely N-dealkylation sites (N-methyl/N-ethyl adjacent to an activating group) is 1. The molecule has 0 aliphatic heterocycles. The highest BCUT2D eigenvalue weighted by molar-refractivity contribution is 5.83. The number of hydrogen-bond acceptors (Lipinski definition) is 5. The van der Waals surface area contributed by atoms with Gasteiger partial charge >= 0.3 is 0 Å². The van der Waals surface area contributed by atoms with Gasteiger partial charge in [-0.05, 0) is 55.7 Å². The van der Waals surface area contributed by atoms with Gasteiger partial charge in [-0.3, -0.25) is 9.59 Å². The Morgan fingerprint density at radius 2 is 1.86 bits per heavy atom. The molecule has 208 valence electrons. The Labute approximate surface area is 224 Å². The van der Waals surface area contributed by atoms with Crippen molar-refractivity contribution < 1.29 is 24.2 Å². The van der Waals surface area contributed by atoms with E-state index >= 15 is 0 Å². The molecule has 1 aliphatic rings. The summed E-state index contributed by atoms with van der Waals surface area (Å²) >= 11 is 0. The van der Waals surface area contributed by atoms with Gasteiger partial charge in [0.2, 0.25) is 5.91 Å². The number of hydrogen-bond donors (Lipinski definition) is 1. The summed E-state index contributed by atoms with van der Waals surface area (Å²) < 4.78 is 10.6. The average Bonchev–Trinajstić information content (AvgIpc) is 3.26. The molecular weight excluding hydrogens is 466 g/mol.